The van der Waals surface area contributed by atoms with Crippen LogP contribution in [0.3, 0.4) is 0 Å². The molecule has 2 N–H and O–H groups in total. The van der Waals surface area contributed by atoms with E-state index < -0.39 is 0 Å². The number of nitrogens with one attached hydrogen (secondary N) is 2. The zero-order valence-electron chi connectivity index (χ0n) is 27.3. The minimum Gasteiger partial charge on any atom is -0.666 e. The highest BCUT2D eigenvalue weighted by Crippen LogP contribution is 2.42. The number of hydrogen-bond donors (Lipinski definition) is 2. The van der Waals surface area contributed by atoms with Gasteiger partial charge in [0.2, 0.25) is 0 Å². The van der Waals surface area contributed by atoms with E-state index in [1.807, 2.05) is 24.4 Å². The van der Waals surface area contributed by atoms with E-state index in [9.17, 15) is 0 Å². The van der Waals surface area contributed by atoms with Gasteiger partial charge in [-0.05, 0) is 69.9 Å². The highest BCUT2D eigenvalue weighted by molar-refractivity contribution is 5.91. The second-order valence-electron chi connectivity index (χ2n) is 12.7. The van der Waals surface area contributed by atoms with Gasteiger partial charge in [0.05, 0.1) is 22.9 Å². The van der Waals surface area contributed by atoms with Crippen LogP contribution in [0.1, 0.15) is 46.2 Å². The first kappa shape index (κ1) is 29.8. The van der Waals surface area contributed by atoms with Crippen LogP contribution in [0.5, 0.6) is 0 Å². The van der Waals surface area contributed by atoms with Gasteiger partial charge in [-0.3, -0.25) is 4.98 Å². The standard InChI is InChI=1S/C45H34N5/c1-3-11-30(12-4-1)43-29-44(50-45(49-43)33-13-5-2-6-14-33)37-16-8-7-15-36(37)34-20-18-31-22-24-38(47-41(31)27-34)35-21-19-32-23-25-40(48-42(32)28-35)39-17-9-10-26-46-39/h1-29,40,43,45,48-49H/q-1. The summed E-state index contributed by atoms with van der Waals surface area (Å²) < 4.78 is 0. The van der Waals surface area contributed by atoms with E-state index in [0.29, 0.717) is 0 Å². The summed E-state index contributed by atoms with van der Waals surface area (Å²) in [6.07, 6.45) is 8.25. The molecule has 3 atom stereocenters. The van der Waals surface area contributed by atoms with E-state index in [1.54, 1.807) is 0 Å². The topological polar surface area (TPSA) is 63.9 Å². The fourth-order valence-electron chi connectivity index (χ4n) is 6.95. The molecule has 0 aliphatic carbocycles. The van der Waals surface area contributed by atoms with Crippen LogP contribution in [-0.2, 0) is 0 Å². The Kier molecular flexibility index (Phi) is 7.72. The number of fused-ring (bicyclic) bond motifs is 2. The first-order chi connectivity index (χ1) is 24.7. The Labute approximate surface area is 292 Å². The second kappa shape index (κ2) is 13.0. The Balaban J connectivity index is 1.07. The molecule has 7 aromatic rings. The average Bonchev–Trinajstić information content (AvgIpc) is 3.21. The van der Waals surface area contributed by atoms with Gasteiger partial charge in [-0.25, -0.2) is 4.98 Å². The third kappa shape index (κ3) is 5.85. The molecule has 0 amide bonds. The van der Waals surface area contributed by atoms with Gasteiger partial charge >= 0.3 is 0 Å². The molecule has 0 spiro atoms. The number of pyridine rings is 2. The van der Waals surface area contributed by atoms with Gasteiger partial charge in [0.1, 0.15) is 0 Å². The van der Waals surface area contributed by atoms with Gasteiger partial charge in [0.25, 0.3) is 0 Å². The maximum Gasteiger partial charge on any atom is 0.0873 e. The van der Waals surface area contributed by atoms with E-state index in [2.05, 4.69) is 167 Å². The van der Waals surface area contributed by atoms with Crippen molar-refractivity contribution in [3.05, 3.63) is 203 Å². The van der Waals surface area contributed by atoms with Crippen molar-refractivity contribution >= 4 is 28.4 Å². The molecular weight excluding hydrogens is 611 g/mol. The molecule has 2 aliphatic heterocycles. The Hall–Kier alpha value is -6.30. The molecule has 4 heterocycles. The summed E-state index contributed by atoms with van der Waals surface area (Å²) in [5.74, 6) is 0. The maximum absolute atomic E-state index is 5.28. The molecule has 2 aliphatic rings. The Bertz CT molecular complexity index is 2370. The third-order valence-electron chi connectivity index (χ3n) is 9.54. The number of benzene rings is 5. The fraction of sp³-hybridized carbons (Fsp3) is 0.0667. The molecule has 240 valence electrons. The minimum absolute atomic E-state index is 0.0172. The van der Waals surface area contributed by atoms with Gasteiger partial charge in [-0.15, -0.1) is 5.70 Å². The maximum atomic E-state index is 5.28. The number of hydrogen-bond acceptors (Lipinski definition) is 4. The fourth-order valence-corrected chi connectivity index (χ4v) is 6.95. The summed E-state index contributed by atoms with van der Waals surface area (Å²) in [6.45, 7) is 0. The summed E-state index contributed by atoms with van der Waals surface area (Å²) in [7, 11) is 0. The average molecular weight is 645 g/mol. The smallest absolute Gasteiger partial charge is 0.0873 e. The van der Waals surface area contributed by atoms with Crippen LogP contribution in [0.2, 0.25) is 0 Å². The number of aromatic nitrogens is 2. The van der Waals surface area contributed by atoms with Crippen LogP contribution < -0.4 is 10.6 Å². The number of anilines is 1. The lowest BCUT2D eigenvalue weighted by atomic mass is 9.93. The lowest BCUT2D eigenvalue weighted by Gasteiger charge is -2.44. The van der Waals surface area contributed by atoms with Crippen molar-refractivity contribution in [2.24, 2.45) is 0 Å². The predicted molar refractivity (Wildman–Crippen MR) is 205 cm³/mol. The minimum atomic E-state index is -0.170. The summed E-state index contributed by atoms with van der Waals surface area (Å²) in [4.78, 5) is 9.75. The normalized spacial score (nSPS) is 18.1. The van der Waals surface area contributed by atoms with Gasteiger partial charge < -0.3 is 16.0 Å². The van der Waals surface area contributed by atoms with Crippen LogP contribution >= 0.6 is 0 Å². The molecule has 5 aromatic carbocycles. The molecule has 5 heteroatoms. The number of nitrogens with zero attached hydrogens (tertiary/aromatic N) is 3. The molecule has 0 radical (unpaired) electrons. The van der Waals surface area contributed by atoms with Crippen molar-refractivity contribution in [2.45, 2.75) is 18.2 Å². The quantitative estimate of drug-likeness (QED) is 0.189. The highest BCUT2D eigenvalue weighted by Gasteiger charge is 2.19. The van der Waals surface area contributed by atoms with Crippen LogP contribution in [0, 0.1) is 0 Å². The Morgan fingerprint density at radius 1 is 0.600 bits per heavy atom. The highest BCUT2D eigenvalue weighted by atomic mass is 15.2. The SMILES string of the molecule is C1=CC(c2ccccn2)Nc2cc(-c3ccc4ccc(-c5ccccc5C5=CC(c6ccccc6)NC(c6ccccc6)[N-]5)cc4n3)ccc21. The predicted octanol–water partition coefficient (Wildman–Crippen LogP) is 10.9. The van der Waals surface area contributed by atoms with Gasteiger partial charge in [-0.2, -0.15) is 0 Å². The van der Waals surface area contributed by atoms with Crippen LogP contribution in [-0.4, -0.2) is 9.97 Å². The van der Waals surface area contributed by atoms with Crippen LogP contribution in [0.25, 0.3) is 50.4 Å². The van der Waals surface area contributed by atoms with E-state index >= 15 is 0 Å². The molecule has 0 saturated carbocycles. The summed E-state index contributed by atoms with van der Waals surface area (Å²) >= 11 is 0. The van der Waals surface area contributed by atoms with Crippen molar-refractivity contribution < 1.29 is 0 Å². The zero-order valence-corrected chi connectivity index (χ0v) is 27.3. The lowest BCUT2D eigenvalue weighted by molar-refractivity contribution is 0.541. The van der Waals surface area contributed by atoms with Gasteiger partial charge in [0.15, 0.2) is 0 Å². The lowest BCUT2D eigenvalue weighted by Crippen LogP contribution is -2.28. The number of rotatable bonds is 6. The Morgan fingerprint density at radius 2 is 1.34 bits per heavy atom. The van der Waals surface area contributed by atoms with Crippen molar-refractivity contribution in [2.75, 3.05) is 5.32 Å². The molecule has 5 nitrogen and oxygen atoms in total. The second-order valence-corrected chi connectivity index (χ2v) is 12.7. The third-order valence-corrected chi connectivity index (χ3v) is 9.54. The molecule has 0 saturated heterocycles. The first-order valence-electron chi connectivity index (χ1n) is 17.0. The summed E-state index contributed by atoms with van der Waals surface area (Å²) in [6, 6.07) is 53.0. The molecular formula is C45H34N5-. The van der Waals surface area contributed by atoms with Crippen molar-refractivity contribution in [3.63, 3.8) is 0 Å². The van der Waals surface area contributed by atoms with Gasteiger partial charge in [0, 0.05) is 28.9 Å². The van der Waals surface area contributed by atoms with E-state index in [4.69, 9.17) is 10.3 Å². The Morgan fingerprint density at radius 3 is 2.16 bits per heavy atom. The summed E-state index contributed by atoms with van der Waals surface area (Å²) in [5, 5.41) is 13.8. The van der Waals surface area contributed by atoms with E-state index in [1.165, 1.54) is 5.56 Å². The molecule has 0 bridgehead atoms. The molecule has 50 heavy (non-hydrogen) atoms. The molecule has 0 fully saturated rings. The largest absolute Gasteiger partial charge is 0.666 e. The molecule has 2 aromatic heterocycles. The molecule has 3 unspecified atom stereocenters. The van der Waals surface area contributed by atoms with E-state index in [0.717, 1.165) is 67.1 Å². The van der Waals surface area contributed by atoms with Crippen molar-refractivity contribution in [1.29, 1.82) is 0 Å². The monoisotopic (exact) mass is 644 g/mol. The summed E-state index contributed by atoms with van der Waals surface area (Å²) in [5.41, 5.74) is 12.8. The molecule has 9 rings (SSSR count). The zero-order chi connectivity index (χ0) is 33.3. The first-order valence-corrected chi connectivity index (χ1v) is 17.0. The van der Waals surface area contributed by atoms with Crippen LogP contribution in [0.4, 0.5) is 5.69 Å². The van der Waals surface area contributed by atoms with Crippen LogP contribution in [0.15, 0.2) is 170 Å². The van der Waals surface area contributed by atoms with E-state index in [-0.39, 0.29) is 18.2 Å². The van der Waals surface area contributed by atoms with Gasteiger partial charge in [-0.1, -0.05) is 140 Å². The van der Waals surface area contributed by atoms with Crippen molar-refractivity contribution in [3.8, 4) is 22.4 Å². The van der Waals surface area contributed by atoms with Crippen molar-refractivity contribution in [1.82, 2.24) is 15.3 Å².